The molecule has 0 amide bonds. The molecule has 0 heterocycles. The quantitative estimate of drug-likeness (QED) is 0.887. The zero-order valence-electron chi connectivity index (χ0n) is 11.3. The average Bonchev–Trinajstić information content (AvgIpc) is 2.42. The highest BCUT2D eigenvalue weighted by Crippen LogP contribution is 2.29. The van der Waals surface area contributed by atoms with Crippen LogP contribution in [0.4, 0.5) is 0 Å². The fourth-order valence-corrected chi connectivity index (χ4v) is 2.16. The van der Waals surface area contributed by atoms with Gasteiger partial charge in [-0.15, -0.1) is 0 Å². The maximum atomic E-state index is 11.2. The minimum atomic E-state index is -1.01. The van der Waals surface area contributed by atoms with Gasteiger partial charge in [-0.05, 0) is 49.2 Å². The predicted molar refractivity (Wildman–Crippen MR) is 79.0 cm³/mol. The van der Waals surface area contributed by atoms with Crippen LogP contribution in [-0.2, 0) is 6.42 Å². The van der Waals surface area contributed by atoms with Gasteiger partial charge in [0.05, 0.1) is 0 Å². The first-order valence-electron chi connectivity index (χ1n) is 6.31. The van der Waals surface area contributed by atoms with E-state index in [9.17, 15) is 9.90 Å². The Labute approximate surface area is 122 Å². The Morgan fingerprint density at radius 1 is 1.25 bits per heavy atom. The highest BCUT2D eigenvalue weighted by molar-refractivity contribution is 6.31. The minimum Gasteiger partial charge on any atom is -0.478 e. The van der Waals surface area contributed by atoms with Gasteiger partial charge in [0, 0.05) is 5.02 Å². The fourth-order valence-electron chi connectivity index (χ4n) is 1.91. The van der Waals surface area contributed by atoms with E-state index in [4.69, 9.17) is 16.3 Å². The van der Waals surface area contributed by atoms with Gasteiger partial charge in [-0.1, -0.05) is 30.2 Å². The summed E-state index contributed by atoms with van der Waals surface area (Å²) < 4.78 is 5.68. The first kappa shape index (κ1) is 14.4. The molecule has 0 spiro atoms. The molecule has 0 aromatic heterocycles. The normalized spacial score (nSPS) is 10.3. The highest BCUT2D eigenvalue weighted by Gasteiger charge is 2.12. The molecule has 0 aliphatic rings. The van der Waals surface area contributed by atoms with Crippen molar-refractivity contribution in [3.8, 4) is 11.5 Å². The van der Waals surface area contributed by atoms with Gasteiger partial charge in [0.2, 0.25) is 0 Å². The Balaban J connectivity index is 2.37. The van der Waals surface area contributed by atoms with Crippen molar-refractivity contribution in [3.63, 3.8) is 0 Å². The van der Waals surface area contributed by atoms with Crippen LogP contribution in [0, 0.1) is 6.92 Å². The first-order valence-corrected chi connectivity index (χ1v) is 6.69. The highest BCUT2D eigenvalue weighted by atomic mass is 35.5. The largest absolute Gasteiger partial charge is 0.478 e. The van der Waals surface area contributed by atoms with Crippen molar-refractivity contribution in [3.05, 3.63) is 58.1 Å². The SMILES string of the molecule is CCc1cc(Oc2ccc(C)cc2C(=O)O)ccc1Cl. The van der Waals surface area contributed by atoms with Crippen LogP contribution >= 0.6 is 11.6 Å². The van der Waals surface area contributed by atoms with Crippen molar-refractivity contribution in [1.82, 2.24) is 0 Å². The number of aryl methyl sites for hydroxylation is 2. The molecule has 0 saturated heterocycles. The number of hydrogen-bond donors (Lipinski definition) is 1. The lowest BCUT2D eigenvalue weighted by Gasteiger charge is -2.11. The third-order valence-electron chi connectivity index (χ3n) is 2.99. The summed E-state index contributed by atoms with van der Waals surface area (Å²) >= 11 is 6.05. The third-order valence-corrected chi connectivity index (χ3v) is 3.36. The fraction of sp³-hybridized carbons (Fsp3) is 0.188. The molecule has 0 aliphatic carbocycles. The van der Waals surface area contributed by atoms with Crippen LogP contribution in [0.1, 0.15) is 28.4 Å². The van der Waals surface area contributed by atoms with E-state index >= 15 is 0 Å². The zero-order valence-corrected chi connectivity index (χ0v) is 12.1. The number of aromatic carboxylic acids is 1. The molecular weight excluding hydrogens is 276 g/mol. The molecule has 2 aromatic carbocycles. The lowest BCUT2D eigenvalue weighted by Crippen LogP contribution is -2.00. The van der Waals surface area contributed by atoms with E-state index in [1.54, 1.807) is 24.3 Å². The van der Waals surface area contributed by atoms with Crippen molar-refractivity contribution in [2.75, 3.05) is 0 Å². The topological polar surface area (TPSA) is 46.5 Å². The lowest BCUT2D eigenvalue weighted by atomic mass is 10.1. The molecule has 2 rings (SSSR count). The van der Waals surface area contributed by atoms with Crippen LogP contribution < -0.4 is 4.74 Å². The summed E-state index contributed by atoms with van der Waals surface area (Å²) in [7, 11) is 0. The first-order chi connectivity index (χ1) is 9.51. The molecule has 0 bridgehead atoms. The lowest BCUT2D eigenvalue weighted by molar-refractivity contribution is 0.0694. The minimum absolute atomic E-state index is 0.151. The molecule has 0 saturated carbocycles. The standard InChI is InChI=1S/C16H15ClO3/c1-3-11-9-12(5-6-14(11)17)20-15-7-4-10(2)8-13(15)16(18)19/h4-9H,3H2,1-2H3,(H,18,19). The molecule has 0 aliphatic heterocycles. The molecule has 20 heavy (non-hydrogen) atoms. The summed E-state index contributed by atoms with van der Waals surface area (Å²) in [6, 6.07) is 10.4. The van der Waals surface area contributed by atoms with Crippen molar-refractivity contribution < 1.29 is 14.6 Å². The molecule has 0 radical (unpaired) electrons. The van der Waals surface area contributed by atoms with Crippen molar-refractivity contribution >= 4 is 17.6 Å². The number of rotatable bonds is 4. The molecule has 3 nitrogen and oxygen atoms in total. The summed E-state index contributed by atoms with van der Waals surface area (Å²) in [5, 5.41) is 9.89. The number of benzene rings is 2. The number of carboxylic acid groups (broad SMARTS) is 1. The van der Waals surface area contributed by atoms with Gasteiger partial charge in [0.1, 0.15) is 17.1 Å². The molecular formula is C16H15ClO3. The Morgan fingerprint density at radius 2 is 2.00 bits per heavy atom. The van der Waals surface area contributed by atoms with E-state index in [2.05, 4.69) is 0 Å². The Kier molecular flexibility index (Phi) is 4.30. The molecule has 0 atom stereocenters. The van der Waals surface area contributed by atoms with E-state index < -0.39 is 5.97 Å². The van der Waals surface area contributed by atoms with Gasteiger partial charge in [-0.2, -0.15) is 0 Å². The zero-order chi connectivity index (χ0) is 14.7. The molecule has 2 aromatic rings. The predicted octanol–water partition coefficient (Wildman–Crippen LogP) is 4.70. The molecule has 4 heteroatoms. The third kappa shape index (κ3) is 3.11. The van der Waals surface area contributed by atoms with Crippen molar-refractivity contribution in [1.29, 1.82) is 0 Å². The number of carboxylic acids is 1. The van der Waals surface area contributed by atoms with E-state index in [-0.39, 0.29) is 5.56 Å². The number of hydrogen-bond acceptors (Lipinski definition) is 2. The monoisotopic (exact) mass is 290 g/mol. The second-order valence-corrected chi connectivity index (χ2v) is 4.92. The summed E-state index contributed by atoms with van der Waals surface area (Å²) in [5.41, 5.74) is 1.99. The average molecular weight is 291 g/mol. The summed E-state index contributed by atoms with van der Waals surface area (Å²) in [6.45, 7) is 3.84. The van der Waals surface area contributed by atoms with Crippen LogP contribution in [0.3, 0.4) is 0 Å². The maximum absolute atomic E-state index is 11.2. The van der Waals surface area contributed by atoms with Gasteiger partial charge in [-0.25, -0.2) is 4.79 Å². The van der Waals surface area contributed by atoms with Gasteiger partial charge in [0.15, 0.2) is 0 Å². The van der Waals surface area contributed by atoms with Crippen LogP contribution in [0.25, 0.3) is 0 Å². The molecule has 0 fully saturated rings. The van der Waals surface area contributed by atoms with E-state index in [0.717, 1.165) is 17.5 Å². The Hall–Kier alpha value is -2.00. The number of halogens is 1. The van der Waals surface area contributed by atoms with E-state index in [1.165, 1.54) is 0 Å². The summed E-state index contributed by atoms with van der Waals surface area (Å²) in [4.78, 5) is 11.2. The summed E-state index contributed by atoms with van der Waals surface area (Å²) in [6.07, 6.45) is 0.787. The van der Waals surface area contributed by atoms with Crippen molar-refractivity contribution in [2.24, 2.45) is 0 Å². The number of carbonyl (C=O) groups is 1. The Bertz CT molecular complexity index is 650. The van der Waals surface area contributed by atoms with E-state index in [0.29, 0.717) is 16.5 Å². The Morgan fingerprint density at radius 3 is 2.65 bits per heavy atom. The van der Waals surface area contributed by atoms with Gasteiger partial charge in [-0.3, -0.25) is 0 Å². The van der Waals surface area contributed by atoms with Crippen LogP contribution in [-0.4, -0.2) is 11.1 Å². The second-order valence-electron chi connectivity index (χ2n) is 4.51. The molecule has 1 N–H and O–H groups in total. The molecule has 0 unspecified atom stereocenters. The number of ether oxygens (including phenoxy) is 1. The maximum Gasteiger partial charge on any atom is 0.339 e. The van der Waals surface area contributed by atoms with Crippen molar-refractivity contribution in [2.45, 2.75) is 20.3 Å². The van der Waals surface area contributed by atoms with E-state index in [1.807, 2.05) is 26.0 Å². The molecule has 104 valence electrons. The van der Waals surface area contributed by atoms with Crippen LogP contribution in [0.15, 0.2) is 36.4 Å². The van der Waals surface area contributed by atoms with Crippen LogP contribution in [0.2, 0.25) is 5.02 Å². The smallest absolute Gasteiger partial charge is 0.339 e. The van der Waals surface area contributed by atoms with Gasteiger partial charge in [0.25, 0.3) is 0 Å². The second kappa shape index (κ2) is 5.97. The summed E-state index contributed by atoms with van der Waals surface area (Å²) in [5.74, 6) is -0.0987. The van der Waals surface area contributed by atoms with Gasteiger partial charge >= 0.3 is 5.97 Å². The van der Waals surface area contributed by atoms with Crippen LogP contribution in [0.5, 0.6) is 11.5 Å². The van der Waals surface area contributed by atoms with Gasteiger partial charge < -0.3 is 9.84 Å².